The van der Waals surface area contributed by atoms with E-state index < -0.39 is 6.10 Å². The maximum Gasteiger partial charge on any atom is 0.261 e. The van der Waals surface area contributed by atoms with Crippen LogP contribution in [0.25, 0.3) is 0 Å². The first kappa shape index (κ1) is 16.4. The first-order valence-electron chi connectivity index (χ1n) is 7.47. The second-order valence-electron chi connectivity index (χ2n) is 4.78. The molecule has 1 atom stereocenters. The Bertz CT molecular complexity index is 560. The van der Waals surface area contributed by atoms with Crippen molar-refractivity contribution >= 4 is 17.7 Å². The van der Waals surface area contributed by atoms with Gasteiger partial charge in [0.2, 0.25) is 0 Å². The van der Waals surface area contributed by atoms with Crippen LogP contribution in [0.1, 0.15) is 13.3 Å². The lowest BCUT2D eigenvalue weighted by molar-refractivity contribution is -0.127. The van der Waals surface area contributed by atoms with Crippen molar-refractivity contribution < 1.29 is 9.53 Å². The van der Waals surface area contributed by atoms with Gasteiger partial charge in [-0.15, -0.1) is 11.8 Å². The molecule has 0 aliphatic rings. The fourth-order valence-corrected chi connectivity index (χ4v) is 2.75. The molecule has 1 amide bonds. The van der Waals surface area contributed by atoms with E-state index in [0.29, 0.717) is 13.0 Å². The van der Waals surface area contributed by atoms with E-state index in [1.165, 1.54) is 4.90 Å². The first-order valence-corrected chi connectivity index (χ1v) is 8.45. The first-order chi connectivity index (χ1) is 10.8. The molecule has 0 radical (unpaired) electrons. The van der Waals surface area contributed by atoms with E-state index in [2.05, 4.69) is 17.4 Å². The highest BCUT2D eigenvalue weighted by Gasteiger charge is 2.17. The number of nitrogens with one attached hydrogen (secondary N) is 1. The van der Waals surface area contributed by atoms with Crippen molar-refractivity contribution in [3.05, 3.63) is 60.7 Å². The van der Waals surface area contributed by atoms with Crippen LogP contribution in [0.15, 0.2) is 65.6 Å². The summed E-state index contributed by atoms with van der Waals surface area (Å²) in [5.41, 5.74) is 0. The summed E-state index contributed by atoms with van der Waals surface area (Å²) in [7, 11) is 0. The molecule has 3 nitrogen and oxygen atoms in total. The Morgan fingerprint density at radius 1 is 1.09 bits per heavy atom. The number of hydrogen-bond donors (Lipinski definition) is 1. The molecule has 0 unspecified atom stereocenters. The highest BCUT2D eigenvalue weighted by molar-refractivity contribution is 7.99. The minimum atomic E-state index is -0.441. The minimum absolute atomic E-state index is 0.0555. The Hall–Kier alpha value is -1.94. The zero-order valence-corrected chi connectivity index (χ0v) is 13.5. The number of carbonyl (C=O) groups excluding carboxylic acids is 1. The Balaban J connectivity index is 1.73. The molecule has 0 fully saturated rings. The zero-order chi connectivity index (χ0) is 15.6. The molecule has 0 aliphatic carbocycles. The number of benzene rings is 2. The van der Waals surface area contributed by atoms with E-state index in [9.17, 15) is 4.79 Å². The molecule has 0 heterocycles. The van der Waals surface area contributed by atoms with Crippen molar-refractivity contribution in [3.8, 4) is 5.75 Å². The van der Waals surface area contributed by atoms with E-state index in [0.717, 1.165) is 11.5 Å². The van der Waals surface area contributed by atoms with Gasteiger partial charge in [0.1, 0.15) is 5.75 Å². The van der Waals surface area contributed by atoms with Crippen LogP contribution in [-0.4, -0.2) is 24.3 Å². The molecule has 2 aromatic rings. The maximum absolute atomic E-state index is 12.1. The third-order valence-corrected chi connectivity index (χ3v) is 4.11. The summed E-state index contributed by atoms with van der Waals surface area (Å²) < 4.78 is 5.72. The lowest BCUT2D eigenvalue weighted by atomic mass is 10.2. The van der Waals surface area contributed by atoms with Crippen molar-refractivity contribution in [2.75, 3.05) is 12.3 Å². The highest BCUT2D eigenvalue weighted by atomic mass is 32.2. The fourth-order valence-electron chi connectivity index (χ4n) is 1.96. The monoisotopic (exact) mass is 315 g/mol. The zero-order valence-electron chi connectivity index (χ0n) is 12.7. The molecule has 2 rings (SSSR count). The molecule has 0 aliphatic heterocycles. The van der Waals surface area contributed by atoms with Crippen molar-refractivity contribution in [2.24, 2.45) is 0 Å². The molecular formula is C18H21NO2S. The van der Waals surface area contributed by atoms with Crippen molar-refractivity contribution in [3.63, 3.8) is 0 Å². The van der Waals surface area contributed by atoms with Crippen LogP contribution in [-0.2, 0) is 4.79 Å². The maximum atomic E-state index is 12.1. The van der Waals surface area contributed by atoms with Crippen LogP contribution in [0.4, 0.5) is 0 Å². The normalized spacial score (nSPS) is 11.7. The van der Waals surface area contributed by atoms with Crippen LogP contribution in [0, 0.1) is 0 Å². The summed E-state index contributed by atoms with van der Waals surface area (Å²) in [6.07, 6.45) is 0.205. The summed E-state index contributed by atoms with van der Waals surface area (Å²) in [6.45, 7) is 2.58. The van der Waals surface area contributed by atoms with Gasteiger partial charge < -0.3 is 10.1 Å². The van der Waals surface area contributed by atoms with Gasteiger partial charge >= 0.3 is 0 Å². The molecule has 1 N–H and O–H groups in total. The van der Waals surface area contributed by atoms with Gasteiger partial charge in [0.05, 0.1) is 0 Å². The van der Waals surface area contributed by atoms with Crippen molar-refractivity contribution in [2.45, 2.75) is 24.3 Å². The Morgan fingerprint density at radius 2 is 1.73 bits per heavy atom. The molecule has 0 saturated heterocycles. The van der Waals surface area contributed by atoms with E-state index in [-0.39, 0.29) is 5.91 Å². The Morgan fingerprint density at radius 3 is 2.36 bits per heavy atom. The summed E-state index contributed by atoms with van der Waals surface area (Å²) in [5, 5.41) is 2.94. The number of para-hydroxylation sites is 1. The number of carbonyl (C=O) groups is 1. The van der Waals surface area contributed by atoms with Crippen LogP contribution in [0.5, 0.6) is 5.75 Å². The van der Waals surface area contributed by atoms with E-state index in [4.69, 9.17) is 4.74 Å². The standard InChI is InChI=1S/C18H21NO2S/c1-2-17(21-15-9-5-3-6-10-15)18(20)19-13-14-22-16-11-7-4-8-12-16/h3-12,17H,2,13-14H2,1H3,(H,19,20)/t17-/m0/s1. The number of ether oxygens (including phenoxy) is 1. The lowest BCUT2D eigenvalue weighted by Crippen LogP contribution is -2.39. The number of amides is 1. The predicted molar refractivity (Wildman–Crippen MR) is 91.3 cm³/mol. The Labute approximate surface area is 136 Å². The fraction of sp³-hybridized carbons (Fsp3) is 0.278. The van der Waals surface area contributed by atoms with Gasteiger partial charge in [-0.05, 0) is 30.7 Å². The van der Waals surface area contributed by atoms with Crippen LogP contribution >= 0.6 is 11.8 Å². The van der Waals surface area contributed by atoms with Crippen molar-refractivity contribution in [1.29, 1.82) is 0 Å². The van der Waals surface area contributed by atoms with Crippen molar-refractivity contribution in [1.82, 2.24) is 5.32 Å². The summed E-state index contributed by atoms with van der Waals surface area (Å²) in [6, 6.07) is 19.6. The molecule has 0 bridgehead atoms. The third-order valence-electron chi connectivity index (χ3n) is 3.10. The molecule has 2 aromatic carbocycles. The van der Waals surface area contributed by atoms with Gasteiger partial charge in [-0.1, -0.05) is 43.3 Å². The number of thioether (sulfide) groups is 1. The molecular weight excluding hydrogens is 294 g/mol. The van der Waals surface area contributed by atoms with Crippen LogP contribution < -0.4 is 10.1 Å². The average Bonchev–Trinajstić information content (AvgIpc) is 2.58. The number of hydrogen-bond acceptors (Lipinski definition) is 3. The molecule has 0 spiro atoms. The minimum Gasteiger partial charge on any atom is -0.481 e. The SMILES string of the molecule is CC[C@H](Oc1ccccc1)C(=O)NCCSc1ccccc1. The van der Waals surface area contributed by atoms with E-state index in [1.54, 1.807) is 11.8 Å². The Kier molecular flexibility index (Phi) is 6.84. The highest BCUT2D eigenvalue weighted by Crippen LogP contribution is 2.16. The van der Waals surface area contributed by atoms with Crippen LogP contribution in [0.2, 0.25) is 0 Å². The average molecular weight is 315 g/mol. The predicted octanol–water partition coefficient (Wildman–Crippen LogP) is 3.75. The van der Waals surface area contributed by atoms with Gasteiger partial charge in [0, 0.05) is 17.2 Å². The number of rotatable bonds is 8. The smallest absolute Gasteiger partial charge is 0.261 e. The molecule has 22 heavy (non-hydrogen) atoms. The van der Waals surface area contributed by atoms with E-state index >= 15 is 0 Å². The van der Waals surface area contributed by atoms with Gasteiger partial charge in [0.15, 0.2) is 6.10 Å². The summed E-state index contributed by atoms with van der Waals surface area (Å²) >= 11 is 1.73. The molecule has 116 valence electrons. The third kappa shape index (κ3) is 5.45. The second kappa shape index (κ2) is 9.15. The molecule has 0 saturated carbocycles. The summed E-state index contributed by atoms with van der Waals surface area (Å²) in [5.74, 6) is 1.51. The quantitative estimate of drug-likeness (QED) is 0.595. The van der Waals surface area contributed by atoms with Gasteiger partial charge in [-0.2, -0.15) is 0 Å². The topological polar surface area (TPSA) is 38.3 Å². The van der Waals surface area contributed by atoms with E-state index in [1.807, 2.05) is 55.5 Å². The van der Waals surface area contributed by atoms with Gasteiger partial charge in [-0.25, -0.2) is 0 Å². The second-order valence-corrected chi connectivity index (χ2v) is 5.95. The van der Waals surface area contributed by atoms with Crippen LogP contribution in [0.3, 0.4) is 0 Å². The molecule has 0 aromatic heterocycles. The summed E-state index contributed by atoms with van der Waals surface area (Å²) in [4.78, 5) is 13.4. The van der Waals surface area contributed by atoms with Gasteiger partial charge in [-0.3, -0.25) is 4.79 Å². The largest absolute Gasteiger partial charge is 0.481 e. The molecule has 4 heteroatoms. The van der Waals surface area contributed by atoms with Gasteiger partial charge in [0.25, 0.3) is 5.91 Å². The lowest BCUT2D eigenvalue weighted by Gasteiger charge is -2.17.